The number of hydrogen-bond donors (Lipinski definition) is 1. The monoisotopic (exact) mass is 356 g/mol. The number of thiazole rings is 1. The number of aryl methyl sites for hydroxylation is 1. The van der Waals surface area contributed by atoms with Gasteiger partial charge >= 0.3 is 0 Å². The van der Waals surface area contributed by atoms with E-state index < -0.39 is 0 Å². The van der Waals surface area contributed by atoms with Crippen molar-refractivity contribution < 1.29 is 4.39 Å². The third kappa shape index (κ3) is 4.36. The molecule has 0 aliphatic rings. The molecule has 1 aromatic heterocycles. The summed E-state index contributed by atoms with van der Waals surface area (Å²) in [5.41, 5.74) is 2.05. The van der Waals surface area contributed by atoms with Crippen molar-refractivity contribution in [3.05, 3.63) is 50.1 Å². The van der Waals surface area contributed by atoms with Crippen LogP contribution >= 0.6 is 27.3 Å². The fourth-order valence-corrected chi connectivity index (χ4v) is 3.44. The van der Waals surface area contributed by atoms with Gasteiger partial charge < -0.3 is 5.32 Å². The molecule has 0 aliphatic heterocycles. The Morgan fingerprint density at radius 3 is 2.85 bits per heavy atom. The molecule has 0 spiro atoms. The highest BCUT2D eigenvalue weighted by atomic mass is 79.9. The second kappa shape index (κ2) is 7.29. The number of nitrogens with one attached hydrogen (secondary N) is 1. The van der Waals surface area contributed by atoms with E-state index in [2.05, 4.69) is 38.5 Å². The lowest BCUT2D eigenvalue weighted by atomic mass is 10.0. The van der Waals surface area contributed by atoms with Gasteiger partial charge in [-0.2, -0.15) is 0 Å². The molecule has 0 saturated heterocycles. The van der Waals surface area contributed by atoms with E-state index in [0.29, 0.717) is 0 Å². The van der Waals surface area contributed by atoms with Crippen LogP contribution in [0.4, 0.5) is 4.39 Å². The van der Waals surface area contributed by atoms with E-state index in [-0.39, 0.29) is 11.9 Å². The summed E-state index contributed by atoms with van der Waals surface area (Å²) in [4.78, 5) is 4.51. The Bertz CT molecular complexity index is 571. The highest BCUT2D eigenvalue weighted by molar-refractivity contribution is 9.10. The van der Waals surface area contributed by atoms with Crippen LogP contribution in [0, 0.1) is 12.7 Å². The topological polar surface area (TPSA) is 24.9 Å². The molecule has 5 heteroatoms. The summed E-state index contributed by atoms with van der Waals surface area (Å²) >= 11 is 5.18. The summed E-state index contributed by atoms with van der Waals surface area (Å²) in [6, 6.07) is 5.10. The van der Waals surface area contributed by atoms with E-state index in [1.54, 1.807) is 23.5 Å². The van der Waals surface area contributed by atoms with Crippen LogP contribution in [0.1, 0.15) is 23.2 Å². The Morgan fingerprint density at radius 1 is 1.40 bits per heavy atom. The molecule has 1 heterocycles. The van der Waals surface area contributed by atoms with Crippen LogP contribution in [0.5, 0.6) is 0 Å². The third-order valence-corrected chi connectivity index (χ3v) is 4.82. The zero-order chi connectivity index (χ0) is 14.5. The Kier molecular flexibility index (Phi) is 5.69. The quantitative estimate of drug-likeness (QED) is 0.841. The summed E-state index contributed by atoms with van der Waals surface area (Å²) in [7, 11) is 0. The maximum absolute atomic E-state index is 13.4. The van der Waals surface area contributed by atoms with Gasteiger partial charge in [-0.25, -0.2) is 9.37 Å². The van der Waals surface area contributed by atoms with Crippen LogP contribution in [0.15, 0.2) is 28.1 Å². The smallest absolute Gasteiger partial charge is 0.123 e. The van der Waals surface area contributed by atoms with Gasteiger partial charge in [0.2, 0.25) is 0 Å². The summed E-state index contributed by atoms with van der Waals surface area (Å²) in [5, 5.41) is 6.65. The summed E-state index contributed by atoms with van der Waals surface area (Å²) in [6.45, 7) is 4.98. The molecule has 2 aromatic rings. The first-order valence-corrected chi connectivity index (χ1v) is 8.34. The Labute approximate surface area is 131 Å². The second-order valence-corrected chi connectivity index (χ2v) is 6.58. The molecule has 1 unspecified atom stereocenters. The summed E-state index contributed by atoms with van der Waals surface area (Å²) < 4.78 is 14.3. The van der Waals surface area contributed by atoms with Gasteiger partial charge in [-0.3, -0.25) is 0 Å². The molecule has 2 rings (SSSR count). The molecule has 0 radical (unpaired) electrons. The zero-order valence-corrected chi connectivity index (χ0v) is 14.0. The van der Waals surface area contributed by atoms with Gasteiger partial charge in [0.15, 0.2) is 0 Å². The number of rotatable bonds is 6. The molecular weight excluding hydrogens is 339 g/mol. The van der Waals surface area contributed by atoms with Crippen molar-refractivity contribution in [3.63, 3.8) is 0 Å². The number of aromatic nitrogens is 1. The van der Waals surface area contributed by atoms with E-state index in [1.165, 1.54) is 6.07 Å². The third-order valence-electron chi connectivity index (χ3n) is 3.05. The maximum atomic E-state index is 13.4. The van der Waals surface area contributed by atoms with Crippen LogP contribution in [-0.2, 0) is 12.8 Å². The first kappa shape index (κ1) is 15.6. The number of hydrogen-bond acceptors (Lipinski definition) is 3. The number of halogens is 2. The molecule has 0 aliphatic carbocycles. The minimum absolute atomic E-state index is 0.191. The Morgan fingerprint density at radius 2 is 2.20 bits per heavy atom. The summed E-state index contributed by atoms with van der Waals surface area (Å²) in [5.74, 6) is -0.191. The van der Waals surface area contributed by atoms with Crippen LogP contribution in [0.3, 0.4) is 0 Å². The van der Waals surface area contributed by atoms with Crippen LogP contribution < -0.4 is 5.32 Å². The van der Waals surface area contributed by atoms with Crippen molar-refractivity contribution in [2.45, 2.75) is 32.7 Å². The standard InChI is InChI=1S/C15H18BrFN2S/c1-3-18-13(8-15-19-10(2)9-20-15)7-11-6-12(17)4-5-14(11)16/h4-6,9,13,18H,3,7-8H2,1-2H3. The molecule has 1 aromatic carbocycles. The van der Waals surface area contributed by atoms with E-state index in [1.807, 2.05) is 6.92 Å². The lowest BCUT2D eigenvalue weighted by Crippen LogP contribution is -2.33. The molecule has 0 amide bonds. The van der Waals surface area contributed by atoms with E-state index in [4.69, 9.17) is 0 Å². The Hall–Kier alpha value is -0.780. The molecule has 0 saturated carbocycles. The van der Waals surface area contributed by atoms with Gasteiger partial charge in [0.25, 0.3) is 0 Å². The fourth-order valence-electron chi connectivity index (χ4n) is 2.18. The maximum Gasteiger partial charge on any atom is 0.123 e. The molecular formula is C15H18BrFN2S. The average Bonchev–Trinajstić information content (AvgIpc) is 2.79. The van der Waals surface area contributed by atoms with Gasteiger partial charge in [0.05, 0.1) is 5.01 Å². The Balaban J connectivity index is 2.10. The van der Waals surface area contributed by atoms with Gasteiger partial charge in [-0.1, -0.05) is 22.9 Å². The van der Waals surface area contributed by atoms with Crippen molar-refractivity contribution in [3.8, 4) is 0 Å². The van der Waals surface area contributed by atoms with Crippen molar-refractivity contribution in [2.24, 2.45) is 0 Å². The van der Waals surface area contributed by atoms with Crippen LogP contribution in [0.2, 0.25) is 0 Å². The van der Waals surface area contributed by atoms with Crippen molar-refractivity contribution in [1.29, 1.82) is 0 Å². The summed E-state index contributed by atoms with van der Waals surface area (Å²) in [6.07, 6.45) is 1.65. The van der Waals surface area contributed by atoms with Crippen molar-refractivity contribution >= 4 is 27.3 Å². The molecule has 20 heavy (non-hydrogen) atoms. The lowest BCUT2D eigenvalue weighted by molar-refractivity contribution is 0.517. The van der Waals surface area contributed by atoms with Crippen LogP contribution in [-0.4, -0.2) is 17.6 Å². The SMILES string of the molecule is CCNC(Cc1nc(C)cs1)Cc1cc(F)ccc1Br. The number of benzene rings is 1. The predicted octanol–water partition coefficient (Wildman–Crippen LogP) is 4.12. The first-order chi connectivity index (χ1) is 9.58. The van der Waals surface area contributed by atoms with Gasteiger partial charge in [-0.05, 0) is 43.7 Å². The molecule has 2 nitrogen and oxygen atoms in total. The minimum Gasteiger partial charge on any atom is -0.314 e. The molecule has 1 atom stereocenters. The van der Waals surface area contributed by atoms with Crippen molar-refractivity contribution in [1.82, 2.24) is 10.3 Å². The number of likely N-dealkylation sites (N-methyl/N-ethyl adjacent to an activating group) is 1. The molecule has 0 bridgehead atoms. The van der Waals surface area contributed by atoms with E-state index in [9.17, 15) is 4.39 Å². The zero-order valence-electron chi connectivity index (χ0n) is 11.6. The fraction of sp³-hybridized carbons (Fsp3) is 0.400. The molecule has 108 valence electrons. The van der Waals surface area contributed by atoms with Gasteiger partial charge in [0, 0.05) is 28.0 Å². The molecule has 0 fully saturated rings. The van der Waals surface area contributed by atoms with Gasteiger partial charge in [0.1, 0.15) is 5.82 Å². The average molecular weight is 357 g/mol. The lowest BCUT2D eigenvalue weighted by Gasteiger charge is -2.17. The second-order valence-electron chi connectivity index (χ2n) is 4.78. The van der Waals surface area contributed by atoms with Crippen LogP contribution in [0.25, 0.3) is 0 Å². The largest absolute Gasteiger partial charge is 0.314 e. The highest BCUT2D eigenvalue weighted by Crippen LogP contribution is 2.21. The predicted molar refractivity (Wildman–Crippen MR) is 85.8 cm³/mol. The highest BCUT2D eigenvalue weighted by Gasteiger charge is 2.14. The van der Waals surface area contributed by atoms with E-state index in [0.717, 1.165) is 40.1 Å². The van der Waals surface area contributed by atoms with Gasteiger partial charge in [-0.15, -0.1) is 11.3 Å². The number of nitrogens with zero attached hydrogens (tertiary/aromatic N) is 1. The van der Waals surface area contributed by atoms with E-state index >= 15 is 0 Å². The minimum atomic E-state index is -0.191. The first-order valence-electron chi connectivity index (χ1n) is 6.66. The van der Waals surface area contributed by atoms with Crippen molar-refractivity contribution in [2.75, 3.05) is 6.54 Å². The normalized spacial score (nSPS) is 12.6. The molecule has 1 N–H and O–H groups in total.